The molecule has 1 aliphatic heterocycles. The van der Waals surface area contributed by atoms with Crippen LogP contribution in [0.2, 0.25) is 0 Å². The molecule has 0 bridgehead atoms. The van der Waals surface area contributed by atoms with E-state index in [1.54, 1.807) is 18.1 Å². The van der Waals surface area contributed by atoms with Crippen molar-refractivity contribution in [1.29, 1.82) is 0 Å². The first-order valence-corrected chi connectivity index (χ1v) is 12.6. The molecule has 3 aliphatic carbocycles. The molecule has 168 valence electrons. The van der Waals surface area contributed by atoms with Gasteiger partial charge in [-0.05, 0) is 97.4 Å². The molecular weight excluding hydrogens is 411 g/mol. The highest BCUT2D eigenvalue weighted by atomic mass is 32.2. The fourth-order valence-electron chi connectivity index (χ4n) is 8.18. The summed E-state index contributed by atoms with van der Waals surface area (Å²) in [5.74, 6) is 1.23. The Morgan fingerprint density at radius 2 is 1.90 bits per heavy atom. The topological polar surface area (TPSA) is 50.3 Å². The molecule has 3 saturated carbocycles. The number of piperidine rings is 1. The van der Waals surface area contributed by atoms with Gasteiger partial charge >= 0.3 is 0 Å². The Labute approximate surface area is 188 Å². The van der Waals surface area contributed by atoms with E-state index in [4.69, 9.17) is 0 Å². The van der Waals surface area contributed by atoms with Gasteiger partial charge in [-0.15, -0.1) is 0 Å². The fourth-order valence-corrected chi connectivity index (χ4v) is 9.17. The average molecular weight is 445 g/mol. The van der Waals surface area contributed by atoms with E-state index in [1.165, 1.54) is 11.8 Å². The zero-order valence-corrected chi connectivity index (χ0v) is 19.5. The first-order chi connectivity index (χ1) is 14.8. The van der Waals surface area contributed by atoms with Crippen LogP contribution in [0.25, 0.3) is 0 Å². The first kappa shape index (κ1) is 21.4. The normalized spacial score (nSPS) is 44.4. The minimum absolute atomic E-state index is 0.0226. The monoisotopic (exact) mass is 444 g/mol. The number of pyridine rings is 1. The van der Waals surface area contributed by atoms with Crippen LogP contribution in [-0.2, 0) is 9.59 Å². The Kier molecular flexibility index (Phi) is 5.23. The van der Waals surface area contributed by atoms with Crippen molar-refractivity contribution < 1.29 is 14.0 Å². The van der Waals surface area contributed by atoms with Crippen molar-refractivity contribution in [3.63, 3.8) is 0 Å². The summed E-state index contributed by atoms with van der Waals surface area (Å²) >= 11 is 1.30. The molecule has 0 radical (unpaired) electrons. The second-order valence-corrected chi connectivity index (χ2v) is 11.9. The van der Waals surface area contributed by atoms with Gasteiger partial charge in [-0.1, -0.05) is 19.9 Å². The van der Waals surface area contributed by atoms with E-state index >= 15 is 0 Å². The molecule has 0 spiro atoms. The number of likely N-dealkylation sites (tertiary alicyclic amines) is 1. The molecule has 8 atom stereocenters. The Morgan fingerprint density at radius 3 is 2.65 bits per heavy atom. The molecule has 0 aromatic carbocycles. The molecule has 31 heavy (non-hydrogen) atoms. The summed E-state index contributed by atoms with van der Waals surface area (Å²) < 4.78 is 14.7. The molecule has 1 amide bonds. The SMILES string of the molecule is CN1C(=O)[C@H](F)C[C@]2(C)C3CC[C@]4(C)C(C(=O)Sc5ccccn5)CC[C@H]4C3CC[C@@H]12. The molecule has 3 unspecified atom stereocenters. The Hall–Kier alpha value is -1.43. The fraction of sp³-hybridized carbons (Fsp3) is 0.720. The molecule has 4 fully saturated rings. The Morgan fingerprint density at radius 1 is 1.13 bits per heavy atom. The number of alkyl halides is 1. The van der Waals surface area contributed by atoms with Crippen LogP contribution in [0.15, 0.2) is 29.4 Å². The number of carbonyl (C=O) groups is 2. The zero-order chi connectivity index (χ0) is 22.0. The highest BCUT2D eigenvalue weighted by molar-refractivity contribution is 8.13. The number of hydrogen-bond acceptors (Lipinski definition) is 4. The summed E-state index contributed by atoms with van der Waals surface area (Å²) in [4.78, 5) is 31.6. The molecule has 2 heterocycles. The maximum atomic E-state index is 14.7. The minimum atomic E-state index is -1.37. The van der Waals surface area contributed by atoms with Gasteiger partial charge in [0, 0.05) is 25.2 Å². The van der Waals surface area contributed by atoms with Gasteiger partial charge in [-0.25, -0.2) is 9.37 Å². The van der Waals surface area contributed by atoms with Crippen molar-refractivity contribution >= 4 is 22.8 Å². The first-order valence-electron chi connectivity index (χ1n) is 11.8. The van der Waals surface area contributed by atoms with E-state index in [2.05, 4.69) is 18.8 Å². The van der Waals surface area contributed by atoms with Gasteiger partial charge in [0.2, 0.25) is 0 Å². The number of amides is 1. The van der Waals surface area contributed by atoms with Crippen LogP contribution in [0.1, 0.15) is 58.8 Å². The minimum Gasteiger partial charge on any atom is -0.340 e. The summed E-state index contributed by atoms with van der Waals surface area (Å²) in [7, 11) is 1.80. The predicted molar refractivity (Wildman–Crippen MR) is 119 cm³/mol. The maximum Gasteiger partial charge on any atom is 0.257 e. The third-order valence-corrected chi connectivity index (χ3v) is 10.6. The average Bonchev–Trinajstić information content (AvgIpc) is 3.10. The lowest BCUT2D eigenvalue weighted by Crippen LogP contribution is -2.64. The standard InChI is InChI=1S/C25H33FN2O2S/c1-24-12-11-17-15(7-10-20-25(17,2)14-19(26)22(29)28(20)3)16(24)8-9-18(24)23(30)31-21-6-4-5-13-27-21/h4-6,13,15-20H,7-12,14H2,1-3H3/t15?,16-,17?,18?,19+,20+,24-,25+/m0/s1. The van der Waals surface area contributed by atoms with Crippen molar-refractivity contribution in [2.24, 2.45) is 34.5 Å². The second kappa shape index (κ2) is 7.57. The Bertz CT molecular complexity index is 882. The van der Waals surface area contributed by atoms with Crippen LogP contribution in [0.4, 0.5) is 4.39 Å². The largest absolute Gasteiger partial charge is 0.340 e. The zero-order valence-electron chi connectivity index (χ0n) is 18.7. The van der Waals surface area contributed by atoms with Gasteiger partial charge in [0.25, 0.3) is 5.91 Å². The number of hydrogen-bond donors (Lipinski definition) is 0. The van der Waals surface area contributed by atoms with Crippen molar-refractivity contribution in [1.82, 2.24) is 9.88 Å². The van der Waals surface area contributed by atoms with Crippen molar-refractivity contribution in [2.75, 3.05) is 7.05 Å². The number of aromatic nitrogens is 1. The number of carbonyl (C=O) groups excluding carboxylic acids is 2. The third kappa shape index (κ3) is 3.19. The van der Waals surface area contributed by atoms with E-state index in [0.29, 0.717) is 24.2 Å². The maximum absolute atomic E-state index is 14.7. The summed E-state index contributed by atoms with van der Waals surface area (Å²) in [5.41, 5.74) is -0.133. The van der Waals surface area contributed by atoms with E-state index < -0.39 is 6.17 Å². The summed E-state index contributed by atoms with van der Waals surface area (Å²) in [5, 5.41) is 1.04. The van der Waals surface area contributed by atoms with Crippen LogP contribution in [-0.4, -0.2) is 40.2 Å². The summed E-state index contributed by atoms with van der Waals surface area (Å²) in [6.45, 7) is 4.58. The van der Waals surface area contributed by atoms with Crippen molar-refractivity contribution in [3.8, 4) is 0 Å². The molecule has 0 N–H and O–H groups in total. The van der Waals surface area contributed by atoms with Crippen LogP contribution in [0.5, 0.6) is 0 Å². The molecule has 5 rings (SSSR count). The van der Waals surface area contributed by atoms with Gasteiger partial charge < -0.3 is 4.90 Å². The van der Waals surface area contributed by atoms with Crippen LogP contribution in [0, 0.1) is 34.5 Å². The van der Waals surface area contributed by atoms with E-state index in [0.717, 1.165) is 43.6 Å². The summed E-state index contributed by atoms with van der Waals surface area (Å²) in [6, 6.07) is 5.86. The van der Waals surface area contributed by atoms with E-state index in [-0.39, 0.29) is 33.8 Å². The predicted octanol–water partition coefficient (Wildman–Crippen LogP) is 5.13. The van der Waals surface area contributed by atoms with Gasteiger partial charge in [0.15, 0.2) is 11.3 Å². The number of nitrogens with zero attached hydrogens (tertiary/aromatic N) is 2. The lowest BCUT2D eigenvalue weighted by Gasteiger charge is -2.62. The molecule has 1 saturated heterocycles. The number of fused-ring (bicyclic) bond motifs is 5. The molecule has 4 nitrogen and oxygen atoms in total. The van der Waals surface area contributed by atoms with Crippen molar-refractivity contribution in [2.45, 2.75) is 76.0 Å². The smallest absolute Gasteiger partial charge is 0.257 e. The van der Waals surface area contributed by atoms with E-state index in [1.807, 2.05) is 18.2 Å². The molecule has 4 aliphatic rings. The van der Waals surface area contributed by atoms with Gasteiger partial charge in [0.05, 0.1) is 0 Å². The molecule has 1 aromatic rings. The quantitative estimate of drug-likeness (QED) is 0.594. The molecular formula is C25H33FN2O2S. The third-order valence-electron chi connectivity index (χ3n) is 9.65. The number of halogens is 1. The van der Waals surface area contributed by atoms with Gasteiger partial charge in [-0.3, -0.25) is 9.59 Å². The molecule has 6 heteroatoms. The lowest BCUT2D eigenvalue weighted by atomic mass is 9.47. The number of thioether (sulfide) groups is 1. The second-order valence-electron chi connectivity index (χ2n) is 10.9. The van der Waals surface area contributed by atoms with Gasteiger partial charge in [-0.2, -0.15) is 0 Å². The van der Waals surface area contributed by atoms with Crippen LogP contribution in [0.3, 0.4) is 0 Å². The highest BCUT2D eigenvalue weighted by Gasteiger charge is 2.63. The Balaban J connectivity index is 1.37. The van der Waals surface area contributed by atoms with Gasteiger partial charge in [0.1, 0.15) is 5.03 Å². The lowest BCUT2D eigenvalue weighted by molar-refractivity contribution is -0.168. The van der Waals surface area contributed by atoms with Crippen LogP contribution < -0.4 is 0 Å². The highest BCUT2D eigenvalue weighted by Crippen LogP contribution is 2.66. The summed E-state index contributed by atoms with van der Waals surface area (Å²) in [6.07, 6.45) is 6.89. The van der Waals surface area contributed by atoms with Crippen LogP contribution >= 0.6 is 11.8 Å². The van der Waals surface area contributed by atoms with Crippen molar-refractivity contribution in [3.05, 3.63) is 24.4 Å². The van der Waals surface area contributed by atoms with E-state index in [9.17, 15) is 14.0 Å². The molecule has 1 aromatic heterocycles. The number of rotatable bonds is 2.